The van der Waals surface area contributed by atoms with Gasteiger partial charge in [0.15, 0.2) is 6.61 Å². The van der Waals surface area contributed by atoms with Gasteiger partial charge in [0, 0.05) is 19.6 Å². The minimum absolute atomic E-state index is 0.0378. The number of nitrogens with zero attached hydrogens (tertiary/aromatic N) is 1. The van der Waals surface area contributed by atoms with Crippen LogP contribution < -0.4 is 10.1 Å². The first-order valence-corrected chi connectivity index (χ1v) is 12.1. The lowest BCUT2D eigenvalue weighted by molar-refractivity contribution is -0.123. The Hall–Kier alpha value is -2.42. The van der Waals surface area contributed by atoms with Gasteiger partial charge in [-0.2, -0.15) is 4.31 Å². The molecule has 1 saturated heterocycles. The van der Waals surface area contributed by atoms with Crippen LogP contribution in [0.25, 0.3) is 0 Å². The lowest BCUT2D eigenvalue weighted by atomic mass is 10.1. The van der Waals surface area contributed by atoms with Crippen molar-refractivity contribution in [2.75, 3.05) is 39.5 Å². The van der Waals surface area contributed by atoms with Gasteiger partial charge in [-0.15, -0.1) is 0 Å². The molecule has 1 N–H and O–H groups in total. The summed E-state index contributed by atoms with van der Waals surface area (Å²) in [7, 11) is -3.49. The number of sulfonamides is 1. The van der Waals surface area contributed by atoms with Crippen LogP contribution in [0.1, 0.15) is 24.5 Å². The molecule has 1 fully saturated rings. The van der Waals surface area contributed by atoms with E-state index in [1.54, 1.807) is 24.3 Å². The van der Waals surface area contributed by atoms with Crippen molar-refractivity contribution in [3.8, 4) is 5.75 Å². The molecule has 0 aromatic heterocycles. The number of carbonyl (C=O) groups is 1. The van der Waals surface area contributed by atoms with Crippen molar-refractivity contribution in [1.82, 2.24) is 9.62 Å². The minimum atomic E-state index is -3.49. The number of carbonyl (C=O) groups excluding carboxylic acids is 1. The number of hydrogen-bond acceptors (Lipinski definition) is 5. The zero-order valence-electron chi connectivity index (χ0n) is 17.9. The fourth-order valence-corrected chi connectivity index (χ4v) is 4.76. The molecule has 1 aliphatic heterocycles. The van der Waals surface area contributed by atoms with Gasteiger partial charge < -0.3 is 14.8 Å². The summed E-state index contributed by atoms with van der Waals surface area (Å²) in [4.78, 5) is 12.3. The summed E-state index contributed by atoms with van der Waals surface area (Å²) >= 11 is 0. The van der Waals surface area contributed by atoms with Crippen molar-refractivity contribution in [2.45, 2.75) is 31.1 Å². The molecule has 1 amide bonds. The van der Waals surface area contributed by atoms with Crippen LogP contribution in [0.15, 0.2) is 53.4 Å². The monoisotopic (exact) mass is 446 g/mol. The Morgan fingerprint density at radius 3 is 2.26 bits per heavy atom. The van der Waals surface area contributed by atoms with Gasteiger partial charge in [0.1, 0.15) is 5.75 Å². The van der Waals surface area contributed by atoms with Crippen molar-refractivity contribution < 1.29 is 22.7 Å². The number of morpholine rings is 1. The van der Waals surface area contributed by atoms with E-state index < -0.39 is 10.0 Å². The molecule has 1 aliphatic rings. The van der Waals surface area contributed by atoms with Crippen LogP contribution in [0, 0.1) is 0 Å². The first kappa shape index (κ1) is 23.2. The molecule has 0 atom stereocenters. The molecule has 8 heteroatoms. The van der Waals surface area contributed by atoms with Gasteiger partial charge in [-0.05, 0) is 48.2 Å². The summed E-state index contributed by atoms with van der Waals surface area (Å²) in [5, 5.41) is 2.83. The van der Waals surface area contributed by atoms with Crippen LogP contribution in [-0.2, 0) is 32.4 Å². The molecule has 168 valence electrons. The molecule has 0 radical (unpaired) electrons. The number of rotatable bonds is 10. The van der Waals surface area contributed by atoms with Crippen LogP contribution >= 0.6 is 0 Å². The van der Waals surface area contributed by atoms with E-state index >= 15 is 0 Å². The third kappa shape index (κ3) is 6.78. The molecular weight excluding hydrogens is 416 g/mol. The van der Waals surface area contributed by atoms with Gasteiger partial charge in [-0.25, -0.2) is 8.42 Å². The Labute approximate surface area is 184 Å². The third-order valence-corrected chi connectivity index (χ3v) is 7.01. The molecule has 0 saturated carbocycles. The highest BCUT2D eigenvalue weighted by atomic mass is 32.2. The van der Waals surface area contributed by atoms with E-state index in [-0.39, 0.29) is 17.4 Å². The van der Waals surface area contributed by atoms with Gasteiger partial charge >= 0.3 is 0 Å². The van der Waals surface area contributed by atoms with Gasteiger partial charge in [0.25, 0.3) is 5.91 Å². The van der Waals surface area contributed by atoms with E-state index in [0.717, 1.165) is 18.4 Å². The molecule has 31 heavy (non-hydrogen) atoms. The SMILES string of the molecule is CCCc1ccc(OCC(=O)NCCc2ccc(S(=O)(=O)N3CCOCC3)cc2)cc1. The Morgan fingerprint density at radius 1 is 1.00 bits per heavy atom. The number of nitrogens with one attached hydrogen (secondary N) is 1. The van der Waals surface area contributed by atoms with Gasteiger partial charge in [0.2, 0.25) is 10.0 Å². The molecular formula is C23H30N2O5S. The predicted octanol–water partition coefficient (Wildman–Crippen LogP) is 2.40. The van der Waals surface area contributed by atoms with Crippen LogP contribution in [0.2, 0.25) is 0 Å². The molecule has 0 aliphatic carbocycles. The van der Waals surface area contributed by atoms with Crippen molar-refractivity contribution >= 4 is 15.9 Å². The fourth-order valence-electron chi connectivity index (χ4n) is 3.35. The van der Waals surface area contributed by atoms with E-state index in [1.165, 1.54) is 9.87 Å². The summed E-state index contributed by atoms with van der Waals surface area (Å²) in [6.45, 7) is 4.14. The smallest absolute Gasteiger partial charge is 0.257 e. The van der Waals surface area contributed by atoms with Crippen LogP contribution in [0.4, 0.5) is 0 Å². The molecule has 0 spiro atoms. The summed E-state index contributed by atoms with van der Waals surface area (Å²) < 4.78 is 37.5. The first-order valence-electron chi connectivity index (χ1n) is 10.6. The summed E-state index contributed by atoms with van der Waals surface area (Å²) in [5.41, 5.74) is 2.21. The van der Waals surface area contributed by atoms with Gasteiger partial charge in [-0.1, -0.05) is 37.6 Å². The zero-order valence-corrected chi connectivity index (χ0v) is 18.7. The van der Waals surface area contributed by atoms with E-state index in [2.05, 4.69) is 12.2 Å². The third-order valence-electron chi connectivity index (χ3n) is 5.10. The fraction of sp³-hybridized carbons (Fsp3) is 0.435. The maximum absolute atomic E-state index is 12.6. The highest BCUT2D eigenvalue weighted by Gasteiger charge is 2.26. The Morgan fingerprint density at radius 2 is 1.61 bits per heavy atom. The zero-order chi connectivity index (χ0) is 22.1. The normalized spacial score (nSPS) is 14.9. The Balaban J connectivity index is 1.41. The lowest BCUT2D eigenvalue weighted by Crippen LogP contribution is -2.40. The summed E-state index contributed by atoms with van der Waals surface area (Å²) in [5.74, 6) is 0.483. The van der Waals surface area contributed by atoms with E-state index in [9.17, 15) is 13.2 Å². The average molecular weight is 447 g/mol. The number of hydrogen-bond donors (Lipinski definition) is 1. The maximum atomic E-state index is 12.6. The topological polar surface area (TPSA) is 84.9 Å². The maximum Gasteiger partial charge on any atom is 0.257 e. The number of amides is 1. The predicted molar refractivity (Wildman–Crippen MR) is 119 cm³/mol. The van der Waals surface area contributed by atoms with E-state index in [4.69, 9.17) is 9.47 Å². The van der Waals surface area contributed by atoms with Crippen molar-refractivity contribution in [1.29, 1.82) is 0 Å². The summed E-state index contributed by atoms with van der Waals surface area (Å²) in [6.07, 6.45) is 2.73. The minimum Gasteiger partial charge on any atom is -0.484 e. The molecule has 0 bridgehead atoms. The van der Waals surface area contributed by atoms with Crippen LogP contribution in [0.5, 0.6) is 5.75 Å². The molecule has 7 nitrogen and oxygen atoms in total. The van der Waals surface area contributed by atoms with Crippen molar-refractivity contribution in [3.05, 3.63) is 59.7 Å². The van der Waals surface area contributed by atoms with Crippen molar-refractivity contribution in [3.63, 3.8) is 0 Å². The van der Waals surface area contributed by atoms with E-state index in [0.29, 0.717) is 45.0 Å². The van der Waals surface area contributed by atoms with Crippen molar-refractivity contribution in [2.24, 2.45) is 0 Å². The van der Waals surface area contributed by atoms with E-state index in [1.807, 2.05) is 24.3 Å². The molecule has 2 aromatic carbocycles. The highest BCUT2D eigenvalue weighted by Crippen LogP contribution is 2.18. The Bertz CT molecular complexity index is 937. The molecule has 0 unspecified atom stereocenters. The lowest BCUT2D eigenvalue weighted by Gasteiger charge is -2.26. The highest BCUT2D eigenvalue weighted by molar-refractivity contribution is 7.89. The standard InChI is InChI=1S/C23H30N2O5S/c1-2-3-19-4-8-21(9-5-19)30-18-23(26)24-13-12-20-6-10-22(11-7-20)31(27,28)25-14-16-29-17-15-25/h4-11H,2-3,12-18H2,1H3,(H,24,26). The van der Waals surface area contributed by atoms with Crippen LogP contribution in [0.3, 0.4) is 0 Å². The largest absolute Gasteiger partial charge is 0.484 e. The number of ether oxygens (including phenoxy) is 2. The number of benzene rings is 2. The van der Waals surface area contributed by atoms with Crippen LogP contribution in [-0.4, -0.2) is 58.1 Å². The molecule has 1 heterocycles. The second-order valence-electron chi connectivity index (χ2n) is 7.44. The molecule has 2 aromatic rings. The number of aryl methyl sites for hydroxylation is 1. The average Bonchev–Trinajstić information content (AvgIpc) is 2.80. The molecule has 3 rings (SSSR count). The Kier molecular flexibility index (Phi) is 8.45. The van der Waals surface area contributed by atoms with Gasteiger partial charge in [0.05, 0.1) is 18.1 Å². The van der Waals surface area contributed by atoms with Gasteiger partial charge in [-0.3, -0.25) is 4.79 Å². The first-order chi connectivity index (χ1) is 15.0. The quantitative estimate of drug-likeness (QED) is 0.606. The second-order valence-corrected chi connectivity index (χ2v) is 9.38. The summed E-state index contributed by atoms with van der Waals surface area (Å²) in [6, 6.07) is 14.6. The second kappa shape index (κ2) is 11.3.